The number of fused-ring (bicyclic) bond motifs is 3. The maximum atomic E-state index is 14.3. The largest absolute Gasteiger partial charge is 0.465 e. The standard InChI is InChI=1S/C79H99N21O24/c1-7-123-63(106)31-85-73(116)57(90-62(105)41-100-36-47(6)68(111)95-78(100)121)24-15-29-83-71(114)55(88-60(103)39-98-34-45(4)66(109)93-76(98)119)22-13-27-81-69(112)53(86-58(101)37-96-32-43(2)64(107)91-74(96)117)21-12-26-80-70(113)54(87-59(102)38-97-33-44(3)65(108)92-75(97)118)23-14-28-82-72(115)56(89-61(104)40-99-35-46(5)67(110)94-77(99)120)25-16-30-84-79(122)124-42-52-50-19-10-8-17-48(50)49-18-9-11-20-51(49)52/h8-11,17-20,32-36,52-57H,7,12-16,21-31,37-42H2,1-6H3,(H,80,113)(H,81,112)(H,82,115)(H,83,114)(H,84,122)(H,85,116)(H,86,101)(H,87,102)(H,88,103)(H,89,104)(H,90,105)(H,91,107,117)(H,92,108,118)(H,93,109,119)(H,94,110,120)(H,95,111,121)/t53-,54-,55-,56-,57-/m0/s1. The van der Waals surface area contributed by atoms with E-state index in [0.29, 0.717) is 0 Å². The van der Waals surface area contributed by atoms with E-state index in [9.17, 15) is 105 Å². The van der Waals surface area contributed by atoms with Crippen molar-refractivity contribution in [3.8, 4) is 11.1 Å². The molecule has 0 aliphatic heterocycles. The van der Waals surface area contributed by atoms with Crippen LogP contribution in [0, 0.1) is 34.6 Å². The number of nitrogens with one attached hydrogen (secondary N) is 16. The minimum atomic E-state index is -1.47. The number of ether oxygens (including phenoxy) is 2. The molecule has 0 saturated heterocycles. The van der Waals surface area contributed by atoms with Gasteiger partial charge >= 0.3 is 40.5 Å². The molecule has 5 aromatic heterocycles. The number of esters is 1. The van der Waals surface area contributed by atoms with Crippen LogP contribution in [0.15, 0.2) is 127 Å². The summed E-state index contributed by atoms with van der Waals surface area (Å²) in [5.41, 5.74) is -3.84. The van der Waals surface area contributed by atoms with E-state index in [0.717, 1.165) is 76.1 Å². The molecule has 5 atom stereocenters. The molecule has 0 unspecified atom stereocenters. The summed E-state index contributed by atoms with van der Waals surface area (Å²) < 4.78 is 15.0. The Kier molecular flexibility index (Phi) is 34.9. The molecular weight excluding hydrogens is 1630 g/mol. The zero-order valence-electron chi connectivity index (χ0n) is 68.8. The summed E-state index contributed by atoms with van der Waals surface area (Å²) in [5, 5.41) is 28.3. The third kappa shape index (κ3) is 28.2. The maximum Gasteiger partial charge on any atom is 0.407 e. The number of H-pyrrole nitrogens is 5. The molecule has 0 saturated carbocycles. The Balaban J connectivity index is 0.923. The lowest BCUT2D eigenvalue weighted by atomic mass is 9.98. The van der Waals surface area contributed by atoms with Gasteiger partial charge in [-0.05, 0) is 128 Å². The van der Waals surface area contributed by atoms with Gasteiger partial charge in [-0.2, -0.15) is 0 Å². The van der Waals surface area contributed by atoms with Crippen LogP contribution < -0.4 is 115 Å². The first kappa shape index (κ1) is 94.8. The predicted octanol–water partition coefficient (Wildman–Crippen LogP) is -5.71. The Bertz CT molecular complexity index is 5740. The minimum absolute atomic E-state index is 0.0136. The average Bonchev–Trinajstić information content (AvgIpc) is 1.61. The van der Waals surface area contributed by atoms with E-state index in [2.05, 4.69) is 83.4 Å². The predicted molar refractivity (Wildman–Crippen MR) is 441 cm³/mol. The Morgan fingerprint density at radius 3 is 0.839 bits per heavy atom. The normalized spacial score (nSPS) is 12.6. The number of amides is 11. The number of hydrogen-bond donors (Lipinski definition) is 16. The first-order valence-electron chi connectivity index (χ1n) is 39.7. The quantitative estimate of drug-likeness (QED) is 0.0125. The number of carbonyl (C=O) groups is 12. The molecule has 0 radical (unpaired) electrons. The summed E-state index contributed by atoms with van der Waals surface area (Å²) >= 11 is 0. The summed E-state index contributed by atoms with van der Waals surface area (Å²) in [6.07, 6.45) is 3.56. The summed E-state index contributed by atoms with van der Waals surface area (Å²) in [5.74, 6) is -9.60. The molecule has 124 heavy (non-hydrogen) atoms. The van der Waals surface area contributed by atoms with Crippen molar-refractivity contribution in [3.05, 3.63) is 223 Å². The highest BCUT2D eigenvalue weighted by atomic mass is 16.5. The van der Waals surface area contributed by atoms with Crippen LogP contribution in [-0.4, -0.2) is 202 Å². The number of hydrogen-bond acceptors (Lipinski definition) is 24. The highest BCUT2D eigenvalue weighted by Crippen LogP contribution is 2.44. The van der Waals surface area contributed by atoms with Crippen molar-refractivity contribution in [3.63, 3.8) is 0 Å². The van der Waals surface area contributed by atoms with E-state index in [4.69, 9.17) is 9.47 Å². The topological polar surface area (TPSA) is 630 Å². The SMILES string of the molecule is CCOC(=O)CNC(=O)[C@H](CCCNC(=O)[C@H](CCCNC(=O)[C@H](CCCNC(=O)[C@H](CCCNC(=O)[C@H](CCCNC(=O)OCC1c2ccccc2-c2ccccc21)NC(=O)Cn1cc(C)c(=O)[nH]c1=O)NC(=O)Cn1cc(C)c(=O)[nH]c1=O)NC(=O)Cn1cc(C)c(=O)[nH]c1=O)NC(=O)Cn1cc(C)c(=O)[nH]c1=O)NC(=O)Cn1cc(C)c(=O)[nH]c1=O. The van der Waals surface area contributed by atoms with Crippen LogP contribution in [0.3, 0.4) is 0 Å². The summed E-state index contributed by atoms with van der Waals surface area (Å²) in [6, 6.07) is 8.46. The van der Waals surface area contributed by atoms with E-state index in [1.165, 1.54) is 41.5 Å². The molecule has 0 bridgehead atoms. The maximum absolute atomic E-state index is 14.3. The van der Waals surface area contributed by atoms with Gasteiger partial charge in [0.2, 0.25) is 59.1 Å². The smallest absolute Gasteiger partial charge is 0.407 e. The number of aromatic nitrogens is 10. The van der Waals surface area contributed by atoms with Crippen LogP contribution in [-0.2, 0) is 94.9 Å². The molecule has 1 aliphatic rings. The Hall–Kier alpha value is -14.7. The molecule has 5 heterocycles. The summed E-state index contributed by atoms with van der Waals surface area (Å²) in [4.78, 5) is 298. The van der Waals surface area contributed by atoms with E-state index in [1.54, 1.807) is 0 Å². The van der Waals surface area contributed by atoms with Crippen LogP contribution >= 0.6 is 0 Å². The molecule has 0 fully saturated rings. The van der Waals surface area contributed by atoms with E-state index in [-0.39, 0.29) is 144 Å². The molecule has 2 aromatic carbocycles. The van der Waals surface area contributed by atoms with Crippen LogP contribution in [0.25, 0.3) is 11.1 Å². The zero-order valence-corrected chi connectivity index (χ0v) is 68.8. The van der Waals surface area contributed by atoms with Crippen molar-refractivity contribution in [1.29, 1.82) is 0 Å². The molecule has 664 valence electrons. The molecular formula is C79H99N21O24. The molecule has 0 spiro atoms. The van der Waals surface area contributed by atoms with E-state index < -0.39 is 197 Å². The fourth-order valence-electron chi connectivity index (χ4n) is 13.2. The third-order valence-corrected chi connectivity index (χ3v) is 19.6. The second-order valence-electron chi connectivity index (χ2n) is 29.2. The van der Waals surface area contributed by atoms with Gasteiger partial charge in [0.25, 0.3) is 27.8 Å². The second kappa shape index (κ2) is 45.6. The highest BCUT2D eigenvalue weighted by Gasteiger charge is 2.32. The van der Waals surface area contributed by atoms with Crippen LogP contribution in [0.1, 0.15) is 116 Å². The Morgan fingerprint density at radius 2 is 0.581 bits per heavy atom. The lowest BCUT2D eigenvalue weighted by Gasteiger charge is -2.22. The van der Waals surface area contributed by atoms with Crippen LogP contribution in [0.2, 0.25) is 0 Å². The first-order chi connectivity index (χ1) is 59.0. The van der Waals surface area contributed by atoms with Crippen molar-refractivity contribution in [2.24, 2.45) is 0 Å². The van der Waals surface area contributed by atoms with Gasteiger partial charge in [-0.15, -0.1) is 0 Å². The summed E-state index contributed by atoms with van der Waals surface area (Å²) in [6.45, 7) is 3.43. The number of aromatic amines is 5. The molecule has 1 aliphatic carbocycles. The number of alkyl carbamates (subject to hydrolysis) is 1. The van der Waals surface area contributed by atoms with Gasteiger partial charge in [0.05, 0.1) is 6.61 Å². The Morgan fingerprint density at radius 1 is 0.339 bits per heavy atom. The van der Waals surface area contributed by atoms with Crippen molar-refractivity contribution >= 4 is 71.1 Å². The van der Waals surface area contributed by atoms with Crippen LogP contribution in [0.5, 0.6) is 0 Å². The van der Waals surface area contributed by atoms with Crippen molar-refractivity contribution in [2.45, 2.75) is 175 Å². The number of aryl methyl sites for hydroxylation is 5. The number of rotatable bonds is 45. The van der Waals surface area contributed by atoms with Gasteiger partial charge in [0, 0.05) is 97.4 Å². The van der Waals surface area contributed by atoms with Crippen molar-refractivity contribution in [1.82, 2.24) is 106 Å². The fraction of sp³-hybridized carbons (Fsp3) is 0.443. The van der Waals surface area contributed by atoms with Gasteiger partial charge in [-0.1, -0.05) is 48.5 Å². The van der Waals surface area contributed by atoms with Gasteiger partial charge in [-0.25, -0.2) is 28.8 Å². The molecule has 7 aromatic rings. The van der Waals surface area contributed by atoms with Gasteiger partial charge < -0.3 is 68.0 Å². The third-order valence-electron chi connectivity index (χ3n) is 19.6. The van der Waals surface area contributed by atoms with Gasteiger partial charge in [0.1, 0.15) is 76.1 Å². The molecule has 45 nitrogen and oxygen atoms in total. The van der Waals surface area contributed by atoms with E-state index >= 15 is 0 Å². The first-order valence-corrected chi connectivity index (χ1v) is 39.7. The van der Waals surface area contributed by atoms with Gasteiger partial charge in [0.15, 0.2) is 0 Å². The molecule has 11 amide bonds. The number of carbonyl (C=O) groups excluding carboxylic acids is 12. The number of benzene rings is 2. The van der Waals surface area contributed by atoms with Crippen LogP contribution in [0.4, 0.5) is 4.79 Å². The lowest BCUT2D eigenvalue weighted by Crippen LogP contribution is -2.51. The molecule has 16 N–H and O–H groups in total. The fourth-order valence-corrected chi connectivity index (χ4v) is 13.2. The monoisotopic (exact) mass is 1730 g/mol. The second-order valence-corrected chi connectivity index (χ2v) is 29.2. The van der Waals surface area contributed by atoms with E-state index in [1.807, 2.05) is 48.5 Å². The minimum Gasteiger partial charge on any atom is -0.465 e. The summed E-state index contributed by atoms with van der Waals surface area (Å²) in [7, 11) is 0. The lowest BCUT2D eigenvalue weighted by molar-refractivity contribution is -0.143. The highest BCUT2D eigenvalue weighted by molar-refractivity contribution is 5.92. The Labute approximate surface area is 702 Å². The molecule has 8 rings (SSSR count). The van der Waals surface area contributed by atoms with Crippen molar-refractivity contribution in [2.75, 3.05) is 52.5 Å². The zero-order chi connectivity index (χ0) is 90.4. The van der Waals surface area contributed by atoms with Crippen molar-refractivity contribution < 1.29 is 67.0 Å². The van der Waals surface area contributed by atoms with Gasteiger partial charge in [-0.3, -0.25) is 124 Å². The average molecular weight is 1730 g/mol. The number of nitrogens with zero attached hydrogens (tertiary/aromatic N) is 5. The molecule has 45 heteroatoms.